The van der Waals surface area contributed by atoms with E-state index in [0.29, 0.717) is 13.1 Å². The zero-order valence-electron chi connectivity index (χ0n) is 18.3. The molecule has 0 fully saturated rings. The minimum absolute atomic E-state index is 0.0106. The molecule has 0 N–H and O–H groups in total. The minimum atomic E-state index is -0.0717. The lowest BCUT2D eigenvalue weighted by molar-refractivity contribution is -0.134. The molecule has 1 amide bonds. The van der Waals surface area contributed by atoms with E-state index in [1.54, 1.807) is 19.1 Å². The second kappa shape index (κ2) is 11.1. The quantitative estimate of drug-likeness (QED) is 0.470. The highest BCUT2D eigenvalue weighted by molar-refractivity contribution is 5.78. The first-order valence-corrected chi connectivity index (χ1v) is 10.4. The Morgan fingerprint density at radius 1 is 0.774 bits per heavy atom. The molecule has 0 atom stereocenters. The average molecular weight is 420 g/mol. The molecule has 0 aromatic heterocycles. The number of benzene rings is 3. The fourth-order valence-electron chi connectivity index (χ4n) is 3.30. The lowest BCUT2D eigenvalue weighted by Crippen LogP contribution is -2.34. The predicted molar refractivity (Wildman–Crippen MR) is 122 cm³/mol. The molecule has 0 bridgehead atoms. The summed E-state index contributed by atoms with van der Waals surface area (Å²) < 4.78 is 16.4. The Morgan fingerprint density at radius 3 is 1.77 bits per heavy atom. The number of ether oxygens (including phenoxy) is 3. The Hall–Kier alpha value is -3.47. The standard InChI is InChI=1S/C26H29NO4/c1-4-22-7-5-6-8-25(22)31-19-26(28)27(17-20-9-13-23(29-2)14-10-20)18-21-11-15-24(30-3)16-12-21/h5-16H,4,17-19H2,1-3H3. The van der Waals surface area contributed by atoms with Crippen molar-refractivity contribution in [2.75, 3.05) is 20.8 Å². The molecule has 0 saturated heterocycles. The summed E-state index contributed by atoms with van der Waals surface area (Å²) in [6.45, 7) is 3.02. The van der Waals surface area contributed by atoms with Crippen LogP contribution in [0.1, 0.15) is 23.6 Å². The maximum Gasteiger partial charge on any atom is 0.261 e. The summed E-state index contributed by atoms with van der Waals surface area (Å²) in [7, 11) is 3.28. The second-order valence-corrected chi connectivity index (χ2v) is 7.20. The van der Waals surface area contributed by atoms with Gasteiger partial charge < -0.3 is 19.1 Å². The molecule has 0 saturated carbocycles. The van der Waals surface area contributed by atoms with E-state index in [0.717, 1.165) is 40.4 Å². The second-order valence-electron chi connectivity index (χ2n) is 7.20. The first kappa shape index (κ1) is 22.2. The molecule has 0 unspecified atom stereocenters. The van der Waals surface area contributed by atoms with Gasteiger partial charge in [0.05, 0.1) is 14.2 Å². The Labute approximate surface area is 184 Å². The van der Waals surface area contributed by atoms with E-state index in [9.17, 15) is 4.79 Å². The monoisotopic (exact) mass is 419 g/mol. The number of hydrogen-bond donors (Lipinski definition) is 0. The number of carbonyl (C=O) groups is 1. The van der Waals surface area contributed by atoms with E-state index < -0.39 is 0 Å². The van der Waals surface area contributed by atoms with Gasteiger partial charge in [0.15, 0.2) is 6.61 Å². The van der Waals surface area contributed by atoms with Gasteiger partial charge in [-0.05, 0) is 53.4 Å². The van der Waals surface area contributed by atoms with Crippen LogP contribution in [0.5, 0.6) is 17.2 Å². The summed E-state index contributed by atoms with van der Waals surface area (Å²) in [5, 5.41) is 0. The molecular weight excluding hydrogens is 390 g/mol. The molecule has 0 aliphatic rings. The van der Waals surface area contributed by atoms with Crippen molar-refractivity contribution in [2.45, 2.75) is 26.4 Å². The topological polar surface area (TPSA) is 48.0 Å². The van der Waals surface area contributed by atoms with Gasteiger partial charge in [0.1, 0.15) is 17.2 Å². The minimum Gasteiger partial charge on any atom is -0.497 e. The normalized spacial score (nSPS) is 10.4. The van der Waals surface area contributed by atoms with Crippen LogP contribution in [0.15, 0.2) is 72.8 Å². The molecule has 3 aromatic rings. The third-order valence-electron chi connectivity index (χ3n) is 5.12. The summed E-state index contributed by atoms with van der Waals surface area (Å²) in [5.41, 5.74) is 3.14. The number of hydrogen-bond acceptors (Lipinski definition) is 4. The lowest BCUT2D eigenvalue weighted by atomic mass is 10.1. The van der Waals surface area contributed by atoms with Crippen LogP contribution in [-0.4, -0.2) is 31.6 Å². The fourth-order valence-corrected chi connectivity index (χ4v) is 3.30. The van der Waals surface area contributed by atoms with Gasteiger partial charge in [-0.15, -0.1) is 0 Å². The maximum atomic E-state index is 13.1. The number of nitrogens with zero attached hydrogens (tertiary/aromatic N) is 1. The van der Waals surface area contributed by atoms with Gasteiger partial charge in [-0.25, -0.2) is 0 Å². The summed E-state index contributed by atoms with van der Waals surface area (Å²) in [6, 6.07) is 23.3. The predicted octanol–water partition coefficient (Wildman–Crippen LogP) is 4.87. The molecule has 0 spiro atoms. The number of carbonyl (C=O) groups excluding carboxylic acids is 1. The van der Waals surface area contributed by atoms with Crippen molar-refractivity contribution in [3.8, 4) is 17.2 Å². The van der Waals surface area contributed by atoms with Crippen molar-refractivity contribution in [2.24, 2.45) is 0 Å². The largest absolute Gasteiger partial charge is 0.497 e. The Morgan fingerprint density at radius 2 is 1.29 bits per heavy atom. The molecule has 162 valence electrons. The highest BCUT2D eigenvalue weighted by Gasteiger charge is 2.16. The maximum absolute atomic E-state index is 13.1. The van der Waals surface area contributed by atoms with Crippen LogP contribution in [0.4, 0.5) is 0 Å². The summed E-state index contributed by atoms with van der Waals surface area (Å²) in [5.74, 6) is 2.26. The smallest absolute Gasteiger partial charge is 0.261 e. The van der Waals surface area contributed by atoms with Crippen molar-refractivity contribution >= 4 is 5.91 Å². The van der Waals surface area contributed by atoms with Crippen molar-refractivity contribution < 1.29 is 19.0 Å². The summed E-state index contributed by atoms with van der Waals surface area (Å²) in [4.78, 5) is 14.9. The Balaban J connectivity index is 1.74. The van der Waals surface area contributed by atoms with Gasteiger partial charge in [0.25, 0.3) is 5.91 Å². The molecule has 5 heteroatoms. The van der Waals surface area contributed by atoms with E-state index >= 15 is 0 Å². The number of amides is 1. The van der Waals surface area contributed by atoms with E-state index in [2.05, 4.69) is 6.92 Å². The first-order chi connectivity index (χ1) is 15.1. The van der Waals surface area contributed by atoms with Crippen LogP contribution >= 0.6 is 0 Å². The SMILES string of the molecule is CCc1ccccc1OCC(=O)N(Cc1ccc(OC)cc1)Cc1ccc(OC)cc1. The van der Waals surface area contributed by atoms with Gasteiger partial charge in [-0.3, -0.25) is 4.79 Å². The molecule has 5 nitrogen and oxygen atoms in total. The van der Waals surface area contributed by atoms with Gasteiger partial charge in [-0.1, -0.05) is 49.4 Å². The molecule has 3 rings (SSSR count). The van der Waals surface area contributed by atoms with Crippen LogP contribution in [-0.2, 0) is 24.3 Å². The van der Waals surface area contributed by atoms with Gasteiger partial charge >= 0.3 is 0 Å². The van der Waals surface area contributed by atoms with E-state index in [4.69, 9.17) is 14.2 Å². The highest BCUT2D eigenvalue weighted by Crippen LogP contribution is 2.20. The zero-order valence-corrected chi connectivity index (χ0v) is 18.3. The van der Waals surface area contributed by atoms with Crippen molar-refractivity contribution in [1.29, 1.82) is 0 Å². The van der Waals surface area contributed by atoms with Crippen LogP contribution in [0.2, 0.25) is 0 Å². The molecule has 31 heavy (non-hydrogen) atoms. The molecule has 3 aromatic carbocycles. The molecule has 0 aliphatic carbocycles. The lowest BCUT2D eigenvalue weighted by Gasteiger charge is -2.24. The van der Waals surface area contributed by atoms with Crippen molar-refractivity contribution in [3.05, 3.63) is 89.5 Å². The zero-order chi connectivity index (χ0) is 22.1. The highest BCUT2D eigenvalue weighted by atomic mass is 16.5. The third kappa shape index (κ3) is 6.25. The van der Waals surface area contributed by atoms with Gasteiger partial charge in [0, 0.05) is 13.1 Å². The van der Waals surface area contributed by atoms with E-state index in [1.807, 2.05) is 72.8 Å². The number of para-hydroxylation sites is 1. The average Bonchev–Trinajstić information content (AvgIpc) is 2.83. The van der Waals surface area contributed by atoms with E-state index in [1.165, 1.54) is 0 Å². The van der Waals surface area contributed by atoms with Gasteiger partial charge in [-0.2, -0.15) is 0 Å². The van der Waals surface area contributed by atoms with E-state index in [-0.39, 0.29) is 12.5 Å². The third-order valence-corrected chi connectivity index (χ3v) is 5.12. The number of aryl methyl sites for hydroxylation is 1. The molecular formula is C26H29NO4. The fraction of sp³-hybridized carbons (Fsp3) is 0.269. The number of methoxy groups -OCH3 is 2. The molecule has 0 heterocycles. The van der Waals surface area contributed by atoms with Gasteiger partial charge in [0.2, 0.25) is 0 Å². The van der Waals surface area contributed by atoms with Crippen LogP contribution in [0, 0.1) is 0 Å². The first-order valence-electron chi connectivity index (χ1n) is 10.4. The van der Waals surface area contributed by atoms with Crippen LogP contribution in [0.3, 0.4) is 0 Å². The molecule has 0 aliphatic heterocycles. The number of rotatable bonds is 10. The van der Waals surface area contributed by atoms with Crippen molar-refractivity contribution in [3.63, 3.8) is 0 Å². The molecule has 0 radical (unpaired) electrons. The van der Waals surface area contributed by atoms with Crippen LogP contribution in [0.25, 0.3) is 0 Å². The summed E-state index contributed by atoms with van der Waals surface area (Å²) in [6.07, 6.45) is 0.853. The Kier molecular flexibility index (Phi) is 7.93. The van der Waals surface area contributed by atoms with Crippen LogP contribution < -0.4 is 14.2 Å². The summed E-state index contributed by atoms with van der Waals surface area (Å²) >= 11 is 0. The Bertz CT molecular complexity index is 918. The van der Waals surface area contributed by atoms with Crippen molar-refractivity contribution in [1.82, 2.24) is 4.90 Å².